The molecular formula is C14H10Br2FNO. The van der Waals surface area contributed by atoms with Crippen LogP contribution in [0.25, 0.3) is 0 Å². The maximum atomic E-state index is 13.1. The van der Waals surface area contributed by atoms with Crippen LogP contribution >= 0.6 is 31.9 Å². The fourth-order valence-corrected chi connectivity index (χ4v) is 2.29. The molecule has 0 aliphatic carbocycles. The summed E-state index contributed by atoms with van der Waals surface area (Å²) in [5, 5.41) is 2.78. The van der Waals surface area contributed by atoms with Crippen LogP contribution in [0, 0.1) is 12.7 Å². The number of nitrogens with one attached hydrogen (secondary N) is 1. The predicted molar refractivity (Wildman–Crippen MR) is 80.9 cm³/mol. The van der Waals surface area contributed by atoms with Gasteiger partial charge in [-0.3, -0.25) is 4.79 Å². The second-order valence-electron chi connectivity index (χ2n) is 4.07. The monoisotopic (exact) mass is 385 g/mol. The fraction of sp³-hybridized carbons (Fsp3) is 0.0714. The highest BCUT2D eigenvalue weighted by atomic mass is 79.9. The summed E-state index contributed by atoms with van der Waals surface area (Å²) in [6.45, 7) is 1.94. The van der Waals surface area contributed by atoms with Gasteiger partial charge in [0.15, 0.2) is 0 Å². The van der Waals surface area contributed by atoms with E-state index >= 15 is 0 Å². The molecule has 2 nitrogen and oxygen atoms in total. The van der Waals surface area contributed by atoms with Crippen LogP contribution in [0.5, 0.6) is 0 Å². The molecule has 1 N–H and O–H groups in total. The molecule has 0 fully saturated rings. The Balaban J connectivity index is 2.25. The number of rotatable bonds is 2. The highest BCUT2D eigenvalue weighted by Crippen LogP contribution is 2.24. The molecule has 0 atom stereocenters. The van der Waals surface area contributed by atoms with Crippen molar-refractivity contribution in [2.45, 2.75) is 6.92 Å². The zero-order valence-corrected chi connectivity index (χ0v) is 13.2. The van der Waals surface area contributed by atoms with Gasteiger partial charge < -0.3 is 5.32 Å². The van der Waals surface area contributed by atoms with Crippen LogP contribution in [0.3, 0.4) is 0 Å². The molecule has 0 heterocycles. The summed E-state index contributed by atoms with van der Waals surface area (Å²) in [6.07, 6.45) is 0. The lowest BCUT2D eigenvalue weighted by atomic mass is 10.2. The highest BCUT2D eigenvalue weighted by molar-refractivity contribution is 9.10. The van der Waals surface area contributed by atoms with Crippen molar-refractivity contribution in [3.05, 3.63) is 62.3 Å². The lowest BCUT2D eigenvalue weighted by molar-refractivity contribution is 0.102. The molecule has 0 aromatic heterocycles. The summed E-state index contributed by atoms with van der Waals surface area (Å²) in [7, 11) is 0. The molecule has 0 bridgehead atoms. The van der Waals surface area contributed by atoms with E-state index in [-0.39, 0.29) is 10.4 Å². The Morgan fingerprint density at radius 3 is 2.53 bits per heavy atom. The second-order valence-corrected chi connectivity index (χ2v) is 5.77. The minimum atomic E-state index is -0.395. The Kier molecular flexibility index (Phi) is 4.37. The topological polar surface area (TPSA) is 29.1 Å². The van der Waals surface area contributed by atoms with Gasteiger partial charge in [-0.05, 0) is 74.7 Å². The van der Waals surface area contributed by atoms with Crippen molar-refractivity contribution in [3.63, 3.8) is 0 Å². The number of benzene rings is 2. The van der Waals surface area contributed by atoms with E-state index in [1.807, 2.05) is 25.1 Å². The van der Waals surface area contributed by atoms with Crippen molar-refractivity contribution in [2.24, 2.45) is 0 Å². The highest BCUT2D eigenvalue weighted by Gasteiger charge is 2.10. The number of hydrogen-bond acceptors (Lipinski definition) is 1. The molecule has 2 aromatic carbocycles. The lowest BCUT2D eigenvalue weighted by Gasteiger charge is -2.09. The van der Waals surface area contributed by atoms with E-state index in [2.05, 4.69) is 37.2 Å². The zero-order valence-electron chi connectivity index (χ0n) is 10.0. The van der Waals surface area contributed by atoms with Crippen molar-refractivity contribution >= 4 is 43.5 Å². The van der Waals surface area contributed by atoms with Gasteiger partial charge in [0.1, 0.15) is 5.82 Å². The molecule has 0 saturated carbocycles. The maximum Gasteiger partial charge on any atom is 0.255 e. The molecule has 19 heavy (non-hydrogen) atoms. The van der Waals surface area contributed by atoms with E-state index < -0.39 is 5.82 Å². The van der Waals surface area contributed by atoms with Crippen LogP contribution in [0.15, 0.2) is 45.3 Å². The van der Waals surface area contributed by atoms with Crippen LogP contribution in [-0.4, -0.2) is 5.91 Å². The van der Waals surface area contributed by atoms with Crippen molar-refractivity contribution in [2.75, 3.05) is 5.32 Å². The number of carbonyl (C=O) groups excluding carboxylic acids is 1. The third-order valence-corrected chi connectivity index (χ3v) is 3.85. The number of carbonyl (C=O) groups is 1. The molecular weight excluding hydrogens is 377 g/mol. The van der Waals surface area contributed by atoms with Crippen LogP contribution in [0.2, 0.25) is 0 Å². The van der Waals surface area contributed by atoms with Gasteiger partial charge in [-0.15, -0.1) is 0 Å². The van der Waals surface area contributed by atoms with Gasteiger partial charge in [-0.2, -0.15) is 0 Å². The molecule has 0 radical (unpaired) electrons. The number of halogens is 3. The van der Waals surface area contributed by atoms with Gasteiger partial charge >= 0.3 is 0 Å². The summed E-state index contributed by atoms with van der Waals surface area (Å²) >= 11 is 6.44. The van der Waals surface area contributed by atoms with Crippen molar-refractivity contribution < 1.29 is 9.18 Å². The number of hydrogen-bond donors (Lipinski definition) is 1. The number of aryl methyl sites for hydroxylation is 1. The van der Waals surface area contributed by atoms with Gasteiger partial charge in [-0.25, -0.2) is 4.39 Å². The van der Waals surface area contributed by atoms with Crippen LogP contribution in [-0.2, 0) is 0 Å². The molecule has 2 rings (SSSR count). The normalized spacial score (nSPS) is 10.3. The first-order chi connectivity index (χ1) is 8.97. The average molecular weight is 387 g/mol. The van der Waals surface area contributed by atoms with Gasteiger partial charge in [0, 0.05) is 10.0 Å². The Morgan fingerprint density at radius 1 is 1.11 bits per heavy atom. The standard InChI is InChI=1S/C14H10Br2FNO/c1-8-2-4-10(15)13(6-8)18-14(19)9-3-5-12(17)11(16)7-9/h2-7H,1H3,(H,18,19). The minimum Gasteiger partial charge on any atom is -0.321 e. The number of amides is 1. The summed E-state index contributed by atoms with van der Waals surface area (Å²) in [5.74, 6) is -0.680. The molecule has 0 unspecified atom stereocenters. The van der Waals surface area contributed by atoms with E-state index in [0.717, 1.165) is 10.0 Å². The summed E-state index contributed by atoms with van der Waals surface area (Å²) in [4.78, 5) is 12.1. The van der Waals surface area contributed by atoms with E-state index in [1.165, 1.54) is 18.2 Å². The molecule has 5 heteroatoms. The summed E-state index contributed by atoms with van der Waals surface area (Å²) in [5.41, 5.74) is 2.12. The molecule has 0 spiro atoms. The molecule has 0 aliphatic rings. The van der Waals surface area contributed by atoms with E-state index in [1.54, 1.807) is 0 Å². The van der Waals surface area contributed by atoms with E-state index in [0.29, 0.717) is 11.3 Å². The first-order valence-corrected chi connectivity index (χ1v) is 7.08. The van der Waals surface area contributed by atoms with E-state index in [4.69, 9.17) is 0 Å². The SMILES string of the molecule is Cc1ccc(Br)c(NC(=O)c2ccc(F)c(Br)c2)c1. The van der Waals surface area contributed by atoms with Crippen LogP contribution in [0.4, 0.5) is 10.1 Å². The zero-order chi connectivity index (χ0) is 14.0. The number of anilines is 1. The third kappa shape index (κ3) is 3.42. The van der Waals surface area contributed by atoms with Gasteiger partial charge in [0.2, 0.25) is 0 Å². The minimum absolute atomic E-state index is 0.267. The lowest BCUT2D eigenvalue weighted by Crippen LogP contribution is -2.12. The molecule has 0 aliphatic heterocycles. The summed E-state index contributed by atoms with van der Waals surface area (Å²) < 4.78 is 14.2. The summed E-state index contributed by atoms with van der Waals surface area (Å²) in [6, 6.07) is 9.82. The quantitative estimate of drug-likeness (QED) is 0.780. The largest absolute Gasteiger partial charge is 0.321 e. The smallest absolute Gasteiger partial charge is 0.255 e. The van der Waals surface area contributed by atoms with Gasteiger partial charge in [0.25, 0.3) is 5.91 Å². The van der Waals surface area contributed by atoms with E-state index in [9.17, 15) is 9.18 Å². The Morgan fingerprint density at radius 2 is 1.84 bits per heavy atom. The molecule has 0 saturated heterocycles. The Hall–Kier alpha value is -1.20. The van der Waals surface area contributed by atoms with Crippen LogP contribution in [0.1, 0.15) is 15.9 Å². The third-order valence-electron chi connectivity index (χ3n) is 2.55. The molecule has 2 aromatic rings. The van der Waals surface area contributed by atoms with Gasteiger partial charge in [0.05, 0.1) is 10.2 Å². The van der Waals surface area contributed by atoms with Crippen LogP contribution < -0.4 is 5.32 Å². The maximum absolute atomic E-state index is 13.1. The van der Waals surface area contributed by atoms with Crippen molar-refractivity contribution in [1.82, 2.24) is 0 Å². The first-order valence-electron chi connectivity index (χ1n) is 5.50. The first kappa shape index (κ1) is 14.2. The Labute approximate surface area is 127 Å². The van der Waals surface area contributed by atoms with Crippen molar-refractivity contribution in [1.29, 1.82) is 0 Å². The average Bonchev–Trinajstić information content (AvgIpc) is 2.37. The Bertz CT molecular complexity index is 643. The van der Waals surface area contributed by atoms with Gasteiger partial charge in [-0.1, -0.05) is 6.07 Å². The predicted octanol–water partition coefficient (Wildman–Crippen LogP) is 4.91. The molecule has 98 valence electrons. The molecule has 1 amide bonds. The van der Waals surface area contributed by atoms with Crippen molar-refractivity contribution in [3.8, 4) is 0 Å². The fourth-order valence-electron chi connectivity index (χ4n) is 1.57. The second kappa shape index (κ2) is 5.84.